The van der Waals surface area contributed by atoms with E-state index < -0.39 is 10.0 Å². The number of hydrogen-bond acceptors (Lipinski definition) is 4. The van der Waals surface area contributed by atoms with Crippen molar-refractivity contribution in [3.63, 3.8) is 0 Å². The van der Waals surface area contributed by atoms with Crippen LogP contribution in [-0.4, -0.2) is 29.7 Å². The molecule has 0 aliphatic heterocycles. The molecule has 4 bridgehead atoms. The number of rotatable bonds is 6. The minimum absolute atomic E-state index is 0.179. The maximum atomic E-state index is 13.2. The second-order valence-electron chi connectivity index (χ2n) is 9.73. The molecule has 4 fully saturated rings. The molecule has 4 aliphatic carbocycles. The molecule has 0 aromatic heterocycles. The molecule has 6 rings (SSSR count). The third-order valence-corrected chi connectivity index (χ3v) is 9.68. The SMILES string of the molecule is COc1ccc(S(=O)(=O)N(C)c2ccc(C34CC5CC(CC(C5)C3)C4)cc2)cc1OC. The van der Waals surface area contributed by atoms with Crippen LogP contribution >= 0.6 is 0 Å². The second-order valence-corrected chi connectivity index (χ2v) is 11.7. The van der Waals surface area contributed by atoms with Gasteiger partial charge in [-0.05, 0) is 91.5 Å². The number of sulfonamides is 1. The van der Waals surface area contributed by atoms with Crippen molar-refractivity contribution in [2.45, 2.75) is 48.8 Å². The van der Waals surface area contributed by atoms with Crippen LogP contribution in [0.25, 0.3) is 0 Å². The fraction of sp³-hybridized carbons (Fsp3) is 0.520. The highest BCUT2D eigenvalue weighted by atomic mass is 32.2. The van der Waals surface area contributed by atoms with E-state index in [-0.39, 0.29) is 4.90 Å². The Morgan fingerprint density at radius 3 is 1.90 bits per heavy atom. The third-order valence-electron chi connectivity index (χ3n) is 7.89. The average molecular weight is 442 g/mol. The summed E-state index contributed by atoms with van der Waals surface area (Å²) in [5.41, 5.74) is 2.38. The van der Waals surface area contributed by atoms with E-state index in [9.17, 15) is 8.42 Å². The molecular formula is C25H31NO4S. The van der Waals surface area contributed by atoms with Crippen molar-refractivity contribution in [3.8, 4) is 11.5 Å². The maximum absolute atomic E-state index is 13.2. The zero-order chi connectivity index (χ0) is 21.8. The number of benzene rings is 2. The van der Waals surface area contributed by atoms with Crippen molar-refractivity contribution in [2.24, 2.45) is 17.8 Å². The molecule has 0 heterocycles. The molecule has 166 valence electrons. The minimum Gasteiger partial charge on any atom is -0.493 e. The van der Waals surface area contributed by atoms with Crippen LogP contribution in [0, 0.1) is 17.8 Å². The Morgan fingerprint density at radius 1 is 0.839 bits per heavy atom. The van der Waals surface area contributed by atoms with Crippen molar-refractivity contribution < 1.29 is 17.9 Å². The first-order valence-corrected chi connectivity index (χ1v) is 12.6. The molecule has 0 amide bonds. The van der Waals surface area contributed by atoms with Gasteiger partial charge < -0.3 is 9.47 Å². The Morgan fingerprint density at radius 2 is 1.39 bits per heavy atom. The predicted molar refractivity (Wildman–Crippen MR) is 121 cm³/mol. The van der Waals surface area contributed by atoms with Crippen LogP contribution in [0.15, 0.2) is 47.4 Å². The first kappa shape index (κ1) is 20.7. The highest BCUT2D eigenvalue weighted by molar-refractivity contribution is 7.92. The first-order chi connectivity index (χ1) is 14.8. The molecule has 2 aromatic carbocycles. The minimum atomic E-state index is -3.71. The standard InChI is InChI=1S/C25H31NO4S/c1-26(31(27,28)22-8-9-23(29-2)24(13-22)30-3)21-6-4-20(5-7-21)25-14-17-10-18(15-25)12-19(11-17)16-25/h4-9,13,17-19H,10-12,14-16H2,1-3H3. The topological polar surface area (TPSA) is 55.8 Å². The number of ether oxygens (including phenoxy) is 2. The Labute approximate surface area is 185 Å². The lowest BCUT2D eigenvalue weighted by atomic mass is 9.48. The van der Waals surface area contributed by atoms with Crippen molar-refractivity contribution in [1.29, 1.82) is 0 Å². The molecule has 0 N–H and O–H groups in total. The van der Waals surface area contributed by atoms with Gasteiger partial charge in [-0.1, -0.05) is 12.1 Å². The molecule has 0 spiro atoms. The summed E-state index contributed by atoms with van der Waals surface area (Å²) in [5, 5.41) is 0. The first-order valence-electron chi connectivity index (χ1n) is 11.2. The Hall–Kier alpha value is -2.21. The molecule has 0 saturated heterocycles. The fourth-order valence-corrected chi connectivity index (χ4v) is 7.97. The van der Waals surface area contributed by atoms with Crippen LogP contribution in [0.1, 0.15) is 44.1 Å². The maximum Gasteiger partial charge on any atom is 0.264 e. The fourth-order valence-electron chi connectivity index (χ4n) is 6.76. The molecule has 6 heteroatoms. The van der Waals surface area contributed by atoms with Crippen LogP contribution in [0.4, 0.5) is 5.69 Å². The molecule has 0 radical (unpaired) electrons. The highest BCUT2D eigenvalue weighted by Crippen LogP contribution is 2.60. The van der Waals surface area contributed by atoms with E-state index in [4.69, 9.17) is 9.47 Å². The molecule has 0 atom stereocenters. The summed E-state index contributed by atoms with van der Waals surface area (Å²) in [5.74, 6) is 3.57. The quantitative estimate of drug-likeness (QED) is 0.633. The van der Waals surface area contributed by atoms with Crippen molar-refractivity contribution >= 4 is 15.7 Å². The summed E-state index contributed by atoms with van der Waals surface area (Å²) in [4.78, 5) is 0.179. The molecular weight excluding hydrogens is 410 g/mol. The van der Waals surface area contributed by atoms with E-state index >= 15 is 0 Å². The summed E-state index contributed by atoms with van der Waals surface area (Å²) >= 11 is 0. The van der Waals surface area contributed by atoms with E-state index in [0.29, 0.717) is 22.6 Å². The predicted octanol–water partition coefficient (Wildman–Crippen LogP) is 5.00. The van der Waals surface area contributed by atoms with Crippen molar-refractivity contribution in [3.05, 3.63) is 48.0 Å². The van der Waals surface area contributed by atoms with Gasteiger partial charge in [-0.3, -0.25) is 4.31 Å². The van der Waals surface area contributed by atoms with Crippen LogP contribution < -0.4 is 13.8 Å². The number of methoxy groups -OCH3 is 2. The smallest absolute Gasteiger partial charge is 0.264 e. The van der Waals surface area contributed by atoms with E-state index in [1.807, 2.05) is 12.1 Å². The Balaban J connectivity index is 1.41. The zero-order valence-corrected chi connectivity index (χ0v) is 19.3. The lowest BCUT2D eigenvalue weighted by Crippen LogP contribution is -2.48. The van der Waals surface area contributed by atoms with E-state index in [1.54, 1.807) is 19.2 Å². The molecule has 31 heavy (non-hydrogen) atoms. The zero-order valence-electron chi connectivity index (χ0n) is 18.5. The van der Waals surface area contributed by atoms with Gasteiger partial charge in [0.1, 0.15) is 0 Å². The Kier molecular flexibility index (Phi) is 4.96. The van der Waals surface area contributed by atoms with Crippen LogP contribution in [0.5, 0.6) is 11.5 Å². The van der Waals surface area contributed by atoms with Gasteiger partial charge in [-0.25, -0.2) is 8.42 Å². The molecule has 2 aromatic rings. The number of hydrogen-bond donors (Lipinski definition) is 0. The summed E-state index contributed by atoms with van der Waals surface area (Å²) in [6, 6.07) is 13.0. The summed E-state index contributed by atoms with van der Waals surface area (Å²) in [6.45, 7) is 0. The average Bonchev–Trinajstić information content (AvgIpc) is 2.77. The van der Waals surface area contributed by atoms with Crippen molar-refractivity contribution in [2.75, 3.05) is 25.6 Å². The summed E-state index contributed by atoms with van der Waals surface area (Å²) < 4.78 is 38.3. The van der Waals surface area contributed by atoms with E-state index in [2.05, 4.69) is 12.1 Å². The van der Waals surface area contributed by atoms with Gasteiger partial charge in [0.2, 0.25) is 0 Å². The lowest BCUT2D eigenvalue weighted by Gasteiger charge is -2.57. The molecule has 0 unspecified atom stereocenters. The third kappa shape index (κ3) is 3.39. The monoisotopic (exact) mass is 441 g/mol. The Bertz CT molecular complexity index is 1040. The molecule has 4 aliphatic rings. The van der Waals surface area contributed by atoms with Gasteiger partial charge in [-0.2, -0.15) is 0 Å². The molecule has 4 saturated carbocycles. The van der Waals surface area contributed by atoms with Gasteiger partial charge in [0.05, 0.1) is 24.8 Å². The van der Waals surface area contributed by atoms with Crippen LogP contribution in [0.3, 0.4) is 0 Å². The van der Waals surface area contributed by atoms with E-state index in [0.717, 1.165) is 17.8 Å². The normalized spacial score (nSPS) is 29.1. The van der Waals surface area contributed by atoms with Crippen LogP contribution in [0.2, 0.25) is 0 Å². The number of nitrogens with zero attached hydrogens (tertiary/aromatic N) is 1. The molecule has 5 nitrogen and oxygen atoms in total. The van der Waals surface area contributed by atoms with Crippen LogP contribution in [-0.2, 0) is 15.4 Å². The van der Waals surface area contributed by atoms with Crippen molar-refractivity contribution in [1.82, 2.24) is 0 Å². The van der Waals surface area contributed by atoms with Gasteiger partial charge in [-0.15, -0.1) is 0 Å². The lowest BCUT2D eigenvalue weighted by molar-refractivity contribution is -0.00518. The summed E-state index contributed by atoms with van der Waals surface area (Å²) in [6.07, 6.45) is 8.17. The van der Waals surface area contributed by atoms with Gasteiger partial charge in [0.25, 0.3) is 10.0 Å². The largest absolute Gasteiger partial charge is 0.493 e. The van der Waals surface area contributed by atoms with E-state index in [1.165, 1.54) is 68.7 Å². The second kappa shape index (κ2) is 7.44. The number of anilines is 1. The van der Waals surface area contributed by atoms with Gasteiger partial charge in [0.15, 0.2) is 11.5 Å². The van der Waals surface area contributed by atoms with Gasteiger partial charge >= 0.3 is 0 Å². The summed E-state index contributed by atoms with van der Waals surface area (Å²) in [7, 11) is 0.926. The highest BCUT2D eigenvalue weighted by Gasteiger charge is 2.51. The van der Waals surface area contributed by atoms with Gasteiger partial charge in [0, 0.05) is 13.1 Å².